The van der Waals surface area contributed by atoms with E-state index >= 15 is 0 Å². The predicted octanol–water partition coefficient (Wildman–Crippen LogP) is 2.20. The van der Waals surface area contributed by atoms with Crippen LogP contribution >= 0.6 is 11.6 Å². The highest BCUT2D eigenvalue weighted by Crippen LogP contribution is 2.42. The normalized spacial score (nSPS) is 17.7. The maximum atomic E-state index is 10.8. The van der Waals surface area contributed by atoms with Crippen LogP contribution in [0.2, 0.25) is 5.15 Å². The molecule has 1 saturated carbocycles. The maximum Gasteiger partial charge on any atom is 0.306 e. The summed E-state index contributed by atoms with van der Waals surface area (Å²) in [5.41, 5.74) is 1.92. The molecule has 0 amide bonds. The van der Waals surface area contributed by atoms with Crippen molar-refractivity contribution >= 4 is 17.6 Å². The molecule has 0 bridgehead atoms. The Balaban J connectivity index is 2.18. The van der Waals surface area contributed by atoms with Crippen LogP contribution in [0.5, 0.6) is 0 Å². The Hall–Kier alpha value is -1.03. The van der Waals surface area contributed by atoms with Crippen LogP contribution in [-0.4, -0.2) is 21.3 Å². The molecule has 15 heavy (non-hydrogen) atoms. The number of hydrogen-bond donors (Lipinski definition) is 2. The lowest BCUT2D eigenvalue weighted by atomic mass is 10.0. The Labute approximate surface area is 92.6 Å². The van der Waals surface area contributed by atoms with Crippen molar-refractivity contribution in [1.82, 2.24) is 10.2 Å². The van der Waals surface area contributed by atoms with Crippen molar-refractivity contribution in [3.05, 3.63) is 16.4 Å². The van der Waals surface area contributed by atoms with Crippen LogP contribution in [0, 0.1) is 5.92 Å². The molecule has 0 saturated heterocycles. The van der Waals surface area contributed by atoms with Gasteiger partial charge in [0.25, 0.3) is 0 Å². The zero-order valence-corrected chi connectivity index (χ0v) is 9.21. The summed E-state index contributed by atoms with van der Waals surface area (Å²) < 4.78 is 0. The largest absolute Gasteiger partial charge is 0.481 e. The summed E-state index contributed by atoms with van der Waals surface area (Å²) in [5.74, 6) is -0.701. The minimum absolute atomic E-state index is 0.419. The van der Waals surface area contributed by atoms with Gasteiger partial charge in [-0.3, -0.25) is 9.89 Å². The highest BCUT2D eigenvalue weighted by atomic mass is 35.5. The molecule has 82 valence electrons. The summed E-state index contributed by atoms with van der Waals surface area (Å²) in [6, 6.07) is 0. The summed E-state index contributed by atoms with van der Waals surface area (Å²) in [5, 5.41) is 16.1. The van der Waals surface area contributed by atoms with Gasteiger partial charge in [-0.2, -0.15) is 5.10 Å². The third kappa shape index (κ3) is 2.15. The van der Waals surface area contributed by atoms with Gasteiger partial charge in [0.05, 0.1) is 5.92 Å². The number of halogens is 1. The molecule has 0 aromatic carbocycles. The van der Waals surface area contributed by atoms with E-state index in [2.05, 4.69) is 10.2 Å². The van der Waals surface area contributed by atoms with Gasteiger partial charge in [-0.25, -0.2) is 0 Å². The highest BCUT2D eigenvalue weighted by molar-refractivity contribution is 6.30. The number of hydrogen-bond acceptors (Lipinski definition) is 2. The molecule has 1 unspecified atom stereocenters. The van der Waals surface area contributed by atoms with E-state index in [1.165, 1.54) is 0 Å². The molecule has 1 atom stereocenters. The minimum Gasteiger partial charge on any atom is -0.481 e. The Kier molecular flexibility index (Phi) is 2.69. The zero-order chi connectivity index (χ0) is 11.0. The number of aliphatic carboxylic acids is 1. The number of carbonyl (C=O) groups is 1. The Morgan fingerprint density at radius 2 is 2.40 bits per heavy atom. The average molecular weight is 229 g/mol. The van der Waals surface area contributed by atoms with Crippen molar-refractivity contribution in [2.24, 2.45) is 5.92 Å². The van der Waals surface area contributed by atoms with Gasteiger partial charge in [0.1, 0.15) is 0 Å². The highest BCUT2D eigenvalue weighted by Gasteiger charge is 2.30. The average Bonchev–Trinajstić information content (AvgIpc) is 2.95. The van der Waals surface area contributed by atoms with Crippen LogP contribution in [0.4, 0.5) is 0 Å². The van der Waals surface area contributed by atoms with Gasteiger partial charge in [0.2, 0.25) is 0 Å². The van der Waals surface area contributed by atoms with Crippen LogP contribution in [0.3, 0.4) is 0 Å². The summed E-state index contributed by atoms with van der Waals surface area (Å²) in [6.45, 7) is 1.68. The van der Waals surface area contributed by atoms with Crippen molar-refractivity contribution in [3.8, 4) is 0 Å². The van der Waals surface area contributed by atoms with Crippen LogP contribution in [0.15, 0.2) is 0 Å². The number of carboxylic acid groups (broad SMARTS) is 1. The Bertz CT molecular complexity index is 385. The SMILES string of the molecule is CC(Cc1c(Cl)n[nH]c1C1CC1)C(=O)O. The quantitative estimate of drug-likeness (QED) is 0.830. The minimum atomic E-state index is -0.797. The molecular formula is C10H13ClN2O2. The van der Waals surface area contributed by atoms with E-state index in [0.29, 0.717) is 17.5 Å². The van der Waals surface area contributed by atoms with Crippen LogP contribution in [0.25, 0.3) is 0 Å². The van der Waals surface area contributed by atoms with Gasteiger partial charge in [-0.05, 0) is 19.3 Å². The molecule has 1 aliphatic rings. The zero-order valence-electron chi connectivity index (χ0n) is 8.46. The van der Waals surface area contributed by atoms with E-state index in [1.807, 2.05) is 0 Å². The molecule has 1 aromatic heterocycles. The fraction of sp³-hybridized carbons (Fsp3) is 0.600. The predicted molar refractivity (Wildman–Crippen MR) is 56.1 cm³/mol. The second kappa shape index (κ2) is 3.85. The van der Waals surface area contributed by atoms with E-state index in [-0.39, 0.29) is 0 Å². The second-order valence-electron chi connectivity index (χ2n) is 4.12. The molecule has 0 radical (unpaired) electrons. The van der Waals surface area contributed by atoms with Crippen molar-refractivity contribution in [1.29, 1.82) is 0 Å². The Morgan fingerprint density at radius 1 is 1.73 bits per heavy atom. The first kappa shape index (κ1) is 10.5. The van der Waals surface area contributed by atoms with E-state index in [4.69, 9.17) is 16.7 Å². The van der Waals surface area contributed by atoms with Crippen molar-refractivity contribution in [2.45, 2.75) is 32.1 Å². The molecule has 5 heteroatoms. The molecule has 0 spiro atoms. The molecule has 2 rings (SSSR count). The fourth-order valence-corrected chi connectivity index (χ4v) is 1.87. The van der Waals surface area contributed by atoms with Gasteiger partial charge in [0.15, 0.2) is 5.15 Å². The number of H-pyrrole nitrogens is 1. The van der Waals surface area contributed by atoms with E-state index in [1.54, 1.807) is 6.92 Å². The third-order valence-corrected chi connectivity index (χ3v) is 3.08. The second-order valence-corrected chi connectivity index (χ2v) is 4.48. The number of nitrogens with one attached hydrogen (secondary N) is 1. The Morgan fingerprint density at radius 3 is 2.93 bits per heavy atom. The lowest BCUT2D eigenvalue weighted by molar-refractivity contribution is -0.141. The third-order valence-electron chi connectivity index (χ3n) is 2.77. The molecule has 2 N–H and O–H groups in total. The molecule has 4 nitrogen and oxygen atoms in total. The van der Waals surface area contributed by atoms with Crippen molar-refractivity contribution in [3.63, 3.8) is 0 Å². The lowest BCUT2D eigenvalue weighted by Gasteiger charge is -2.06. The summed E-state index contributed by atoms with van der Waals surface area (Å²) in [6.07, 6.45) is 2.75. The first-order valence-corrected chi connectivity index (χ1v) is 5.42. The van der Waals surface area contributed by atoms with E-state index in [0.717, 1.165) is 24.1 Å². The first-order valence-electron chi connectivity index (χ1n) is 5.05. The number of rotatable bonds is 4. The number of aromatic nitrogens is 2. The van der Waals surface area contributed by atoms with Crippen LogP contribution < -0.4 is 0 Å². The topological polar surface area (TPSA) is 66.0 Å². The monoisotopic (exact) mass is 228 g/mol. The van der Waals surface area contributed by atoms with Crippen molar-refractivity contribution < 1.29 is 9.90 Å². The molecule has 1 aromatic rings. The summed E-state index contributed by atoms with van der Waals surface area (Å²) in [4.78, 5) is 10.8. The van der Waals surface area contributed by atoms with Crippen molar-refractivity contribution in [2.75, 3.05) is 0 Å². The van der Waals surface area contributed by atoms with Crippen LogP contribution in [-0.2, 0) is 11.2 Å². The molecule has 1 fully saturated rings. The van der Waals surface area contributed by atoms with E-state index in [9.17, 15) is 4.79 Å². The smallest absolute Gasteiger partial charge is 0.306 e. The van der Waals surface area contributed by atoms with Gasteiger partial charge in [0, 0.05) is 17.2 Å². The number of nitrogens with zero attached hydrogens (tertiary/aromatic N) is 1. The lowest BCUT2D eigenvalue weighted by Crippen LogP contribution is -2.13. The van der Waals surface area contributed by atoms with E-state index < -0.39 is 11.9 Å². The summed E-state index contributed by atoms with van der Waals surface area (Å²) in [7, 11) is 0. The maximum absolute atomic E-state index is 10.8. The molecular weight excluding hydrogens is 216 g/mol. The van der Waals surface area contributed by atoms with Gasteiger partial charge in [-0.15, -0.1) is 0 Å². The van der Waals surface area contributed by atoms with Gasteiger partial charge >= 0.3 is 5.97 Å². The van der Waals surface area contributed by atoms with Gasteiger partial charge < -0.3 is 5.11 Å². The fourth-order valence-electron chi connectivity index (χ4n) is 1.65. The molecule has 1 heterocycles. The van der Waals surface area contributed by atoms with Gasteiger partial charge in [-0.1, -0.05) is 18.5 Å². The first-order chi connectivity index (χ1) is 7.09. The molecule has 1 aliphatic carbocycles. The summed E-state index contributed by atoms with van der Waals surface area (Å²) >= 11 is 5.93. The van der Waals surface area contributed by atoms with Crippen LogP contribution in [0.1, 0.15) is 36.9 Å². The standard InChI is InChI=1S/C10H13ClN2O2/c1-5(10(14)15)4-7-8(6-2-3-6)12-13-9(7)11/h5-6H,2-4H2,1H3,(H,12,13)(H,14,15). The number of carboxylic acids is 1. The molecule has 0 aliphatic heterocycles. The number of aromatic amines is 1.